The number of rotatable bonds is 1. The zero-order valence-corrected chi connectivity index (χ0v) is 10.8. The lowest BCUT2D eigenvalue weighted by molar-refractivity contribution is -0.255. The van der Waals surface area contributed by atoms with E-state index >= 15 is 0 Å². The van der Waals surface area contributed by atoms with E-state index in [1.54, 1.807) is 30.3 Å². The summed E-state index contributed by atoms with van der Waals surface area (Å²) in [6, 6.07) is 10.4. The summed E-state index contributed by atoms with van der Waals surface area (Å²) in [5.74, 6) is -3.79. The van der Waals surface area contributed by atoms with Crippen LogP contribution in [0.4, 0.5) is 0 Å². The molecule has 6 heteroatoms. The molecule has 1 aliphatic rings. The lowest BCUT2D eigenvalue weighted by Gasteiger charge is -2.25. The van der Waals surface area contributed by atoms with Gasteiger partial charge in [-0.3, -0.25) is 0 Å². The minimum Gasteiger partial charge on any atom is -0.507 e. The van der Waals surface area contributed by atoms with Crippen LogP contribution < -0.4 is 0 Å². The van der Waals surface area contributed by atoms with Crippen LogP contribution in [0.25, 0.3) is 0 Å². The normalized spacial score (nSPS) is 19.8. The molecular formula is C15H13O6+. The molecule has 1 atom stereocenters. The highest BCUT2D eigenvalue weighted by Gasteiger charge is 2.55. The first kappa shape index (κ1) is 13.6. The van der Waals surface area contributed by atoms with Gasteiger partial charge in [0.2, 0.25) is 0 Å². The summed E-state index contributed by atoms with van der Waals surface area (Å²) in [7, 11) is 0. The Morgan fingerprint density at radius 1 is 1.00 bits per heavy atom. The van der Waals surface area contributed by atoms with Crippen molar-refractivity contribution in [1.29, 1.82) is 0 Å². The van der Waals surface area contributed by atoms with Crippen molar-refractivity contribution in [2.75, 3.05) is 0 Å². The molecule has 108 valence electrons. The molecule has 0 spiro atoms. The number of benzene rings is 2. The second-order valence-electron chi connectivity index (χ2n) is 4.80. The molecule has 6 nitrogen and oxygen atoms in total. The maximum Gasteiger partial charge on any atom is 0.398 e. The van der Waals surface area contributed by atoms with E-state index < -0.39 is 17.6 Å². The zero-order valence-electron chi connectivity index (χ0n) is 10.8. The third kappa shape index (κ3) is 2.06. The van der Waals surface area contributed by atoms with Gasteiger partial charge >= 0.3 is 17.3 Å². The fourth-order valence-electron chi connectivity index (χ4n) is 2.33. The number of fused-ring (bicyclic) bond motifs is 1. The fraction of sp³-hybridized carbons (Fsp3) is 0.133. The SMILES string of the molecule is Oc1cc(O)c2c(c1)[O+]=C(c1ccccc1)C(O)(O)C2O. The predicted molar refractivity (Wildman–Crippen MR) is 72.1 cm³/mol. The Hall–Kier alpha value is -2.41. The van der Waals surface area contributed by atoms with Crippen molar-refractivity contribution in [1.82, 2.24) is 0 Å². The molecule has 3 rings (SSSR count). The van der Waals surface area contributed by atoms with Gasteiger partial charge in [0.1, 0.15) is 17.1 Å². The molecule has 0 amide bonds. The molecule has 0 radical (unpaired) electrons. The molecule has 1 heterocycles. The number of ketones is 1. The molecule has 1 unspecified atom stereocenters. The van der Waals surface area contributed by atoms with Crippen LogP contribution in [0.15, 0.2) is 42.5 Å². The van der Waals surface area contributed by atoms with Gasteiger partial charge in [0.05, 0.1) is 11.6 Å². The molecular weight excluding hydrogens is 276 g/mol. The van der Waals surface area contributed by atoms with E-state index in [2.05, 4.69) is 0 Å². The summed E-state index contributed by atoms with van der Waals surface area (Å²) >= 11 is 0. The number of hydrogen-bond acceptors (Lipinski definition) is 5. The van der Waals surface area contributed by atoms with Gasteiger partial charge in [-0.2, -0.15) is 0 Å². The molecule has 2 aromatic carbocycles. The number of phenols is 2. The van der Waals surface area contributed by atoms with E-state index in [1.165, 1.54) is 6.07 Å². The van der Waals surface area contributed by atoms with Crippen molar-refractivity contribution in [2.45, 2.75) is 11.9 Å². The van der Waals surface area contributed by atoms with Crippen molar-refractivity contribution >= 4 is 5.78 Å². The minimum atomic E-state index is -2.71. The second kappa shape index (κ2) is 4.56. The average Bonchev–Trinajstić information content (AvgIpc) is 2.43. The summed E-state index contributed by atoms with van der Waals surface area (Å²) in [5, 5.41) is 49.7. The standard InChI is InChI=1S/C15H12O6/c16-9-6-10(17)12-11(7-9)21-14(15(19,20)13(12)18)8-4-2-1-3-5-8/h1-7,13,18-20H,(H-,16,17)/p+1. The van der Waals surface area contributed by atoms with Crippen LogP contribution >= 0.6 is 0 Å². The maximum absolute atomic E-state index is 10.2. The Kier molecular flexibility index (Phi) is 2.94. The van der Waals surface area contributed by atoms with Gasteiger partial charge in [-0.15, -0.1) is 0 Å². The van der Waals surface area contributed by atoms with Crippen LogP contribution in [0.3, 0.4) is 0 Å². The van der Waals surface area contributed by atoms with Gasteiger partial charge < -0.3 is 25.5 Å². The minimum absolute atomic E-state index is 0.0439. The fourth-order valence-corrected chi connectivity index (χ4v) is 2.33. The van der Waals surface area contributed by atoms with Gasteiger partial charge in [-0.05, 0) is 12.1 Å². The van der Waals surface area contributed by atoms with Crippen LogP contribution in [-0.2, 0) is 0 Å². The van der Waals surface area contributed by atoms with Crippen molar-refractivity contribution in [3.05, 3.63) is 53.6 Å². The summed E-state index contributed by atoms with van der Waals surface area (Å²) < 4.78 is 5.40. The third-order valence-electron chi connectivity index (χ3n) is 3.34. The Balaban J connectivity index is 2.27. The highest BCUT2D eigenvalue weighted by molar-refractivity contribution is 6.03. The molecule has 5 N–H and O–H groups in total. The van der Waals surface area contributed by atoms with E-state index in [4.69, 9.17) is 4.42 Å². The van der Waals surface area contributed by atoms with Crippen molar-refractivity contribution < 1.29 is 30.0 Å². The summed E-state index contributed by atoms with van der Waals surface area (Å²) in [6.45, 7) is 0. The van der Waals surface area contributed by atoms with Gasteiger partial charge in [0.15, 0.2) is 6.10 Å². The van der Waals surface area contributed by atoms with E-state index in [0.29, 0.717) is 5.56 Å². The highest BCUT2D eigenvalue weighted by Crippen LogP contribution is 2.46. The van der Waals surface area contributed by atoms with E-state index in [0.717, 1.165) is 6.07 Å². The van der Waals surface area contributed by atoms with Crippen molar-refractivity contribution in [2.24, 2.45) is 0 Å². The molecule has 0 saturated carbocycles. The zero-order chi connectivity index (χ0) is 15.2. The number of phenolic OH excluding ortho intramolecular Hbond substituents is 2. The van der Waals surface area contributed by atoms with Crippen LogP contribution in [0.1, 0.15) is 21.7 Å². The first-order valence-electron chi connectivity index (χ1n) is 6.20. The van der Waals surface area contributed by atoms with E-state index in [1.807, 2.05) is 0 Å². The molecule has 1 aliphatic heterocycles. The summed E-state index contributed by atoms with van der Waals surface area (Å²) in [5.41, 5.74) is 0.160. The Labute approximate surface area is 119 Å². The summed E-state index contributed by atoms with van der Waals surface area (Å²) in [4.78, 5) is 0. The van der Waals surface area contributed by atoms with Gasteiger partial charge in [0.25, 0.3) is 0 Å². The maximum atomic E-state index is 10.2. The lowest BCUT2D eigenvalue weighted by Crippen LogP contribution is -2.46. The number of aliphatic hydroxyl groups is 3. The molecule has 2 aromatic rings. The second-order valence-corrected chi connectivity index (χ2v) is 4.80. The quantitative estimate of drug-likeness (QED) is 0.396. The van der Waals surface area contributed by atoms with Gasteiger partial charge in [-0.1, -0.05) is 18.2 Å². The number of aromatic hydroxyl groups is 2. The van der Waals surface area contributed by atoms with Crippen LogP contribution in [0, 0.1) is 0 Å². The third-order valence-corrected chi connectivity index (χ3v) is 3.34. The van der Waals surface area contributed by atoms with Crippen LogP contribution in [0.5, 0.6) is 17.2 Å². The lowest BCUT2D eigenvalue weighted by atomic mass is 9.90. The van der Waals surface area contributed by atoms with Gasteiger partial charge in [-0.25, -0.2) is 4.42 Å². The smallest absolute Gasteiger partial charge is 0.398 e. The first-order chi connectivity index (χ1) is 9.91. The van der Waals surface area contributed by atoms with Crippen LogP contribution in [0.2, 0.25) is 0 Å². The average molecular weight is 289 g/mol. The monoisotopic (exact) mass is 289 g/mol. The largest absolute Gasteiger partial charge is 0.507 e. The van der Waals surface area contributed by atoms with E-state index in [9.17, 15) is 25.5 Å². The molecule has 0 fully saturated rings. The number of hydrogen-bond donors (Lipinski definition) is 5. The molecule has 0 bridgehead atoms. The van der Waals surface area contributed by atoms with Crippen molar-refractivity contribution in [3.63, 3.8) is 0 Å². The van der Waals surface area contributed by atoms with Gasteiger partial charge in [0, 0.05) is 6.07 Å². The predicted octanol–water partition coefficient (Wildman–Crippen LogP) is 0.958. The highest BCUT2D eigenvalue weighted by atomic mass is 16.5. The number of carbonyl (C=O) groups excluding carboxylic acids is 1. The summed E-state index contributed by atoms with van der Waals surface area (Å²) in [6.07, 6.45) is -1.82. The topological polar surface area (TPSA) is 112 Å². The molecule has 0 aromatic heterocycles. The van der Waals surface area contributed by atoms with Crippen LogP contribution in [-0.4, -0.2) is 37.1 Å². The molecule has 0 saturated heterocycles. The Morgan fingerprint density at radius 3 is 2.33 bits per heavy atom. The Morgan fingerprint density at radius 2 is 1.67 bits per heavy atom. The first-order valence-corrected chi connectivity index (χ1v) is 6.20. The Bertz CT molecular complexity index is 720. The molecule has 21 heavy (non-hydrogen) atoms. The van der Waals surface area contributed by atoms with E-state index in [-0.39, 0.29) is 22.8 Å². The molecule has 0 aliphatic carbocycles. The van der Waals surface area contributed by atoms with Crippen molar-refractivity contribution in [3.8, 4) is 17.2 Å². The number of aliphatic hydroxyl groups excluding tert-OH is 1.